The number of nitrogens with zero attached hydrogens (tertiary/aromatic N) is 1. The Bertz CT molecular complexity index is 685. The molecule has 1 unspecified atom stereocenters. The van der Waals surface area contributed by atoms with Crippen LogP contribution >= 0.6 is 0 Å². The number of rotatable bonds is 4. The molecule has 22 heavy (non-hydrogen) atoms. The van der Waals surface area contributed by atoms with Crippen molar-refractivity contribution < 1.29 is 22.8 Å². The van der Waals surface area contributed by atoms with Gasteiger partial charge < -0.3 is 5.73 Å². The number of nitrogen functional groups attached to an aromatic ring is 1. The maximum atomic E-state index is 12.8. The lowest BCUT2D eigenvalue weighted by Crippen LogP contribution is -2.25. The molecular weight excluding hydrogens is 297 g/mol. The predicted molar refractivity (Wildman–Crippen MR) is 71.8 cm³/mol. The van der Waals surface area contributed by atoms with Crippen molar-refractivity contribution in [2.75, 3.05) is 5.73 Å². The highest BCUT2D eigenvalue weighted by molar-refractivity contribution is 6.14. The Labute approximate surface area is 124 Å². The van der Waals surface area contributed by atoms with Gasteiger partial charge >= 0.3 is 6.18 Å². The Morgan fingerprint density at radius 2 is 1.95 bits per heavy atom. The molecule has 2 N–H and O–H groups in total. The number of nitrogens with two attached hydrogens (primary N) is 1. The highest BCUT2D eigenvalue weighted by atomic mass is 19.4. The van der Waals surface area contributed by atoms with Crippen molar-refractivity contribution >= 4 is 17.3 Å². The SMILES string of the molecule is Cc1c(C(=O)C(C#N)C(=O)C2CC2)ccc(C(F)(F)F)c1N. The summed E-state index contributed by atoms with van der Waals surface area (Å²) in [7, 11) is 0. The Morgan fingerprint density at radius 3 is 2.41 bits per heavy atom. The molecular formula is C15H13F3N2O2. The van der Waals surface area contributed by atoms with Crippen LogP contribution in [0.3, 0.4) is 0 Å². The molecule has 1 atom stereocenters. The number of nitriles is 1. The van der Waals surface area contributed by atoms with Crippen LogP contribution in [0.4, 0.5) is 18.9 Å². The predicted octanol–water partition coefficient (Wildman–Crippen LogP) is 2.90. The normalized spacial score (nSPS) is 16.0. The zero-order chi connectivity index (χ0) is 16.7. The standard InChI is InChI=1S/C15H13F3N2O2/c1-7-9(4-5-11(12(7)20)15(16,17)18)14(22)10(6-19)13(21)8-2-3-8/h4-5,8,10H,2-3,20H2,1H3. The van der Waals surface area contributed by atoms with Crippen LogP contribution in [-0.4, -0.2) is 11.6 Å². The lowest BCUT2D eigenvalue weighted by atomic mass is 9.89. The fraction of sp³-hybridized carbons (Fsp3) is 0.400. The zero-order valence-corrected chi connectivity index (χ0v) is 11.7. The number of anilines is 1. The van der Waals surface area contributed by atoms with Crippen molar-refractivity contribution in [1.29, 1.82) is 5.26 Å². The first kappa shape index (κ1) is 16.0. The Morgan fingerprint density at radius 1 is 1.36 bits per heavy atom. The molecule has 0 aliphatic heterocycles. The monoisotopic (exact) mass is 310 g/mol. The summed E-state index contributed by atoms with van der Waals surface area (Å²) in [5, 5.41) is 9.05. The van der Waals surface area contributed by atoms with Crippen LogP contribution in [0, 0.1) is 30.1 Å². The van der Waals surface area contributed by atoms with Crippen LogP contribution in [0.1, 0.15) is 34.3 Å². The summed E-state index contributed by atoms with van der Waals surface area (Å²) in [4.78, 5) is 24.2. The Hall–Kier alpha value is -2.36. The first-order chi connectivity index (χ1) is 10.2. The number of Topliss-reactive ketones (excluding diaryl/α,β-unsaturated/α-hetero) is 2. The van der Waals surface area contributed by atoms with Crippen molar-refractivity contribution in [2.45, 2.75) is 25.9 Å². The van der Waals surface area contributed by atoms with Gasteiger partial charge in [0.2, 0.25) is 0 Å². The number of benzene rings is 1. The quantitative estimate of drug-likeness (QED) is 0.526. The van der Waals surface area contributed by atoms with E-state index >= 15 is 0 Å². The highest BCUT2D eigenvalue weighted by Gasteiger charge is 2.40. The van der Waals surface area contributed by atoms with Gasteiger partial charge in [0, 0.05) is 17.2 Å². The molecule has 2 rings (SSSR count). The van der Waals surface area contributed by atoms with Gasteiger partial charge in [-0.1, -0.05) is 6.07 Å². The number of carbonyl (C=O) groups is 2. The van der Waals surface area contributed by atoms with Crippen molar-refractivity contribution in [3.8, 4) is 6.07 Å². The molecule has 7 heteroatoms. The summed E-state index contributed by atoms with van der Waals surface area (Å²) in [6.45, 7) is 1.27. The lowest BCUT2D eigenvalue weighted by molar-refractivity contribution is -0.137. The van der Waals surface area contributed by atoms with Crippen LogP contribution in [0.25, 0.3) is 0 Å². The molecule has 1 aliphatic carbocycles. The minimum atomic E-state index is -4.63. The average molecular weight is 310 g/mol. The van der Waals surface area contributed by atoms with Crippen LogP contribution < -0.4 is 5.73 Å². The van der Waals surface area contributed by atoms with E-state index in [1.54, 1.807) is 6.07 Å². The van der Waals surface area contributed by atoms with E-state index in [0.29, 0.717) is 18.9 Å². The minimum Gasteiger partial charge on any atom is -0.398 e. The highest BCUT2D eigenvalue weighted by Crippen LogP contribution is 2.37. The van der Waals surface area contributed by atoms with Gasteiger partial charge in [-0.25, -0.2) is 0 Å². The van der Waals surface area contributed by atoms with E-state index < -0.39 is 34.9 Å². The summed E-state index contributed by atoms with van der Waals surface area (Å²) < 4.78 is 38.3. The third-order valence-electron chi connectivity index (χ3n) is 3.74. The van der Waals surface area contributed by atoms with E-state index in [-0.39, 0.29) is 17.0 Å². The van der Waals surface area contributed by atoms with Gasteiger partial charge in [-0.2, -0.15) is 18.4 Å². The number of ketones is 2. The van der Waals surface area contributed by atoms with Crippen LogP contribution in [0.2, 0.25) is 0 Å². The van der Waals surface area contributed by atoms with E-state index in [1.165, 1.54) is 6.92 Å². The molecule has 4 nitrogen and oxygen atoms in total. The maximum absolute atomic E-state index is 12.8. The topological polar surface area (TPSA) is 84.0 Å². The summed E-state index contributed by atoms with van der Waals surface area (Å²) in [6, 6.07) is 3.32. The minimum absolute atomic E-state index is 0.0660. The lowest BCUT2D eigenvalue weighted by Gasteiger charge is -2.15. The second kappa shape index (κ2) is 5.44. The zero-order valence-electron chi connectivity index (χ0n) is 11.7. The summed E-state index contributed by atoms with van der Waals surface area (Å²) >= 11 is 0. The molecule has 0 aromatic heterocycles. The first-order valence-electron chi connectivity index (χ1n) is 6.62. The molecule has 0 bridgehead atoms. The van der Waals surface area contributed by atoms with Crippen molar-refractivity contribution in [1.82, 2.24) is 0 Å². The Balaban J connectivity index is 2.40. The third kappa shape index (κ3) is 2.82. The van der Waals surface area contributed by atoms with Gasteiger partial charge in [-0.05, 0) is 31.4 Å². The summed E-state index contributed by atoms with van der Waals surface area (Å²) in [5.74, 6) is -3.04. The van der Waals surface area contributed by atoms with Crippen molar-refractivity contribution in [2.24, 2.45) is 11.8 Å². The number of hydrogen-bond donors (Lipinski definition) is 1. The third-order valence-corrected chi connectivity index (χ3v) is 3.74. The van der Waals surface area contributed by atoms with E-state index in [9.17, 15) is 22.8 Å². The first-order valence-corrected chi connectivity index (χ1v) is 6.62. The molecule has 1 saturated carbocycles. The molecule has 1 aromatic carbocycles. The number of hydrogen-bond acceptors (Lipinski definition) is 4. The van der Waals surface area contributed by atoms with E-state index in [1.807, 2.05) is 0 Å². The van der Waals surface area contributed by atoms with Gasteiger partial charge in [-0.3, -0.25) is 9.59 Å². The van der Waals surface area contributed by atoms with Gasteiger partial charge in [-0.15, -0.1) is 0 Å². The van der Waals surface area contributed by atoms with Crippen molar-refractivity contribution in [3.63, 3.8) is 0 Å². The van der Waals surface area contributed by atoms with Crippen LogP contribution in [-0.2, 0) is 11.0 Å². The van der Waals surface area contributed by atoms with Gasteiger partial charge in [0.15, 0.2) is 17.5 Å². The molecule has 0 saturated heterocycles. The van der Waals surface area contributed by atoms with Gasteiger partial charge in [0.25, 0.3) is 0 Å². The second-order valence-corrected chi connectivity index (χ2v) is 5.30. The van der Waals surface area contributed by atoms with E-state index in [0.717, 1.165) is 6.07 Å². The second-order valence-electron chi connectivity index (χ2n) is 5.30. The molecule has 0 radical (unpaired) electrons. The number of halogens is 3. The molecule has 0 amide bonds. The van der Waals surface area contributed by atoms with Gasteiger partial charge in [0.05, 0.1) is 11.6 Å². The molecule has 116 valence electrons. The van der Waals surface area contributed by atoms with E-state index in [4.69, 9.17) is 11.0 Å². The maximum Gasteiger partial charge on any atom is 0.418 e. The van der Waals surface area contributed by atoms with E-state index in [2.05, 4.69) is 0 Å². The molecule has 0 heterocycles. The average Bonchev–Trinajstić information content (AvgIpc) is 3.25. The van der Waals surface area contributed by atoms with Gasteiger partial charge in [0.1, 0.15) is 0 Å². The summed E-state index contributed by atoms with van der Waals surface area (Å²) in [5.41, 5.74) is 3.67. The number of carbonyl (C=O) groups excluding carboxylic acids is 2. The largest absolute Gasteiger partial charge is 0.418 e. The fourth-order valence-electron chi connectivity index (χ4n) is 2.25. The molecule has 1 aromatic rings. The molecule has 1 fully saturated rings. The molecule has 1 aliphatic rings. The Kier molecular flexibility index (Phi) is 3.96. The smallest absolute Gasteiger partial charge is 0.398 e. The fourth-order valence-corrected chi connectivity index (χ4v) is 2.25. The van der Waals surface area contributed by atoms with Crippen LogP contribution in [0.5, 0.6) is 0 Å². The number of alkyl halides is 3. The van der Waals surface area contributed by atoms with Crippen LogP contribution in [0.15, 0.2) is 12.1 Å². The molecule has 0 spiro atoms. The summed E-state index contributed by atoms with van der Waals surface area (Å²) in [6.07, 6.45) is -3.36. The van der Waals surface area contributed by atoms with Crippen molar-refractivity contribution in [3.05, 3.63) is 28.8 Å².